The molecular formula is C13H30N2O4. The summed E-state index contributed by atoms with van der Waals surface area (Å²) in [4.78, 5) is 18.5. The average Bonchev–Trinajstić information content (AvgIpc) is 2.18. The standard InChI is InChI=1S/C6H13NO2.C3H5NO2.C3H8.CH4/c1-5(2)6(3)4-7(8)9;1-2-3-4(5)6;1-3-2;/h5-6H,4H2,1-3H3;2-3H,1H3;3H2,1-2H3;1H4. The molecule has 0 saturated heterocycles. The Bertz CT molecular complexity index is 241. The van der Waals surface area contributed by atoms with E-state index < -0.39 is 4.92 Å². The molecule has 0 aromatic rings. The third-order valence-corrected chi connectivity index (χ3v) is 1.85. The van der Waals surface area contributed by atoms with Crippen LogP contribution in [-0.4, -0.2) is 16.4 Å². The van der Waals surface area contributed by atoms with Gasteiger partial charge in [0.05, 0.1) is 4.92 Å². The third kappa shape index (κ3) is 38.4. The zero-order valence-electron chi connectivity index (χ0n) is 12.3. The third-order valence-electron chi connectivity index (χ3n) is 1.85. The minimum absolute atomic E-state index is 0. The predicted molar refractivity (Wildman–Crippen MR) is 80.4 cm³/mol. The molecule has 0 rings (SSSR count). The number of rotatable bonds is 4. The molecule has 0 spiro atoms. The molecule has 6 heteroatoms. The van der Waals surface area contributed by atoms with Crippen LogP contribution in [-0.2, 0) is 0 Å². The molecule has 0 fully saturated rings. The smallest absolute Gasteiger partial charge is 0.230 e. The fourth-order valence-corrected chi connectivity index (χ4v) is 0.568. The van der Waals surface area contributed by atoms with E-state index in [1.807, 2.05) is 20.8 Å². The summed E-state index contributed by atoms with van der Waals surface area (Å²) in [5.74, 6) is 0.607. The van der Waals surface area contributed by atoms with Gasteiger partial charge >= 0.3 is 0 Å². The maximum atomic E-state index is 9.92. The molecule has 0 saturated carbocycles. The highest BCUT2D eigenvalue weighted by Gasteiger charge is 2.12. The lowest BCUT2D eigenvalue weighted by atomic mass is 9.99. The van der Waals surface area contributed by atoms with E-state index >= 15 is 0 Å². The van der Waals surface area contributed by atoms with E-state index in [1.165, 1.54) is 12.5 Å². The van der Waals surface area contributed by atoms with Crippen LogP contribution in [0, 0.1) is 32.1 Å². The quantitative estimate of drug-likeness (QED) is 0.563. The summed E-state index contributed by atoms with van der Waals surface area (Å²) >= 11 is 0. The van der Waals surface area contributed by atoms with Crippen LogP contribution in [0.25, 0.3) is 0 Å². The fraction of sp³-hybridized carbons (Fsp3) is 0.846. The molecule has 0 N–H and O–H groups in total. The maximum absolute atomic E-state index is 9.92. The van der Waals surface area contributed by atoms with Crippen molar-refractivity contribution in [3.63, 3.8) is 0 Å². The van der Waals surface area contributed by atoms with Gasteiger partial charge in [0, 0.05) is 10.8 Å². The summed E-state index contributed by atoms with van der Waals surface area (Å²) in [7, 11) is 0. The van der Waals surface area contributed by atoms with E-state index in [0.29, 0.717) is 5.92 Å². The Morgan fingerprint density at radius 3 is 1.53 bits per heavy atom. The van der Waals surface area contributed by atoms with E-state index in [1.54, 1.807) is 6.92 Å². The second-order valence-corrected chi connectivity index (χ2v) is 4.21. The minimum Gasteiger partial charge on any atom is -0.265 e. The van der Waals surface area contributed by atoms with Crippen LogP contribution in [0.1, 0.15) is 55.4 Å². The summed E-state index contributed by atoms with van der Waals surface area (Å²) in [6.07, 6.45) is 3.51. The molecule has 19 heavy (non-hydrogen) atoms. The van der Waals surface area contributed by atoms with Crippen molar-refractivity contribution in [2.45, 2.75) is 55.4 Å². The first kappa shape index (κ1) is 26.2. The summed E-state index contributed by atoms with van der Waals surface area (Å²) in [6, 6.07) is 0. The number of nitrogens with zero attached hydrogens (tertiary/aromatic N) is 2. The van der Waals surface area contributed by atoms with Crippen molar-refractivity contribution in [2.24, 2.45) is 11.8 Å². The fourth-order valence-electron chi connectivity index (χ4n) is 0.568. The van der Waals surface area contributed by atoms with Crippen LogP contribution in [0.5, 0.6) is 0 Å². The monoisotopic (exact) mass is 278 g/mol. The summed E-state index contributed by atoms with van der Waals surface area (Å²) < 4.78 is 0. The van der Waals surface area contributed by atoms with Crippen molar-refractivity contribution in [2.75, 3.05) is 6.54 Å². The first-order chi connectivity index (χ1) is 8.22. The van der Waals surface area contributed by atoms with Gasteiger partial charge in [-0.3, -0.25) is 20.2 Å². The molecule has 6 nitrogen and oxygen atoms in total. The Morgan fingerprint density at radius 2 is 1.47 bits per heavy atom. The van der Waals surface area contributed by atoms with E-state index in [9.17, 15) is 20.2 Å². The number of hydrogen-bond donors (Lipinski definition) is 0. The van der Waals surface area contributed by atoms with Crippen LogP contribution in [0.3, 0.4) is 0 Å². The van der Waals surface area contributed by atoms with Gasteiger partial charge in [0.1, 0.15) is 0 Å². The molecular weight excluding hydrogens is 248 g/mol. The predicted octanol–water partition coefficient (Wildman–Crippen LogP) is 4.40. The van der Waals surface area contributed by atoms with Gasteiger partial charge in [0.15, 0.2) is 0 Å². The Hall–Kier alpha value is -1.46. The van der Waals surface area contributed by atoms with Crippen molar-refractivity contribution in [3.05, 3.63) is 32.5 Å². The minimum atomic E-state index is -0.500. The summed E-state index contributed by atoms with van der Waals surface area (Å²) in [5.41, 5.74) is 0. The van der Waals surface area contributed by atoms with E-state index in [-0.39, 0.29) is 24.8 Å². The lowest BCUT2D eigenvalue weighted by Gasteiger charge is -2.08. The van der Waals surface area contributed by atoms with Gasteiger partial charge < -0.3 is 0 Å². The molecule has 1 unspecified atom stereocenters. The van der Waals surface area contributed by atoms with E-state index in [2.05, 4.69) is 13.8 Å². The molecule has 0 aromatic carbocycles. The van der Waals surface area contributed by atoms with Crippen molar-refractivity contribution in [3.8, 4) is 0 Å². The molecule has 0 heterocycles. The molecule has 0 radical (unpaired) electrons. The Balaban J connectivity index is -0.0000000982. The molecule has 0 aromatic heterocycles. The van der Waals surface area contributed by atoms with E-state index in [4.69, 9.17) is 0 Å². The molecule has 1 atom stereocenters. The highest BCUT2D eigenvalue weighted by molar-refractivity contribution is 4.62. The Labute approximate surface area is 117 Å². The highest BCUT2D eigenvalue weighted by atomic mass is 16.6. The van der Waals surface area contributed by atoms with Crippen LogP contribution >= 0.6 is 0 Å². The van der Waals surface area contributed by atoms with Crippen molar-refractivity contribution < 1.29 is 9.85 Å². The SMILES string of the molecule is C.CC(C)C(C)C[N+](=O)[O-].CC=C[N+](=O)[O-].CCC. The lowest BCUT2D eigenvalue weighted by Crippen LogP contribution is -2.15. The van der Waals surface area contributed by atoms with Gasteiger partial charge in [-0.2, -0.15) is 0 Å². The molecule has 0 amide bonds. The molecule has 0 bridgehead atoms. The highest BCUT2D eigenvalue weighted by Crippen LogP contribution is 2.08. The second kappa shape index (κ2) is 18.9. The van der Waals surface area contributed by atoms with Gasteiger partial charge in [0.25, 0.3) is 0 Å². The van der Waals surface area contributed by atoms with Crippen LogP contribution in [0.15, 0.2) is 12.3 Å². The Kier molecular flexibility index (Phi) is 26.0. The normalized spacial score (nSPS) is 10.5. The summed E-state index contributed by atoms with van der Waals surface area (Å²) in [6.45, 7) is 11.8. The first-order valence-electron chi connectivity index (χ1n) is 6.10. The number of allylic oxidation sites excluding steroid dienone is 1. The van der Waals surface area contributed by atoms with Gasteiger partial charge in [-0.25, -0.2) is 0 Å². The second-order valence-electron chi connectivity index (χ2n) is 4.21. The van der Waals surface area contributed by atoms with Crippen molar-refractivity contribution in [1.82, 2.24) is 0 Å². The maximum Gasteiger partial charge on any atom is 0.230 e. The first-order valence-corrected chi connectivity index (χ1v) is 6.10. The van der Waals surface area contributed by atoms with Crippen molar-refractivity contribution >= 4 is 0 Å². The average molecular weight is 278 g/mol. The molecule has 0 aliphatic rings. The summed E-state index contributed by atoms with van der Waals surface area (Å²) in [5, 5.41) is 19.2. The number of nitro groups is 2. The van der Waals surface area contributed by atoms with Crippen LogP contribution in [0.2, 0.25) is 0 Å². The molecule has 0 aliphatic heterocycles. The van der Waals surface area contributed by atoms with Gasteiger partial charge in [0.2, 0.25) is 12.7 Å². The van der Waals surface area contributed by atoms with Gasteiger partial charge in [-0.1, -0.05) is 48.5 Å². The molecule has 116 valence electrons. The van der Waals surface area contributed by atoms with E-state index in [0.717, 1.165) is 6.20 Å². The largest absolute Gasteiger partial charge is 0.265 e. The van der Waals surface area contributed by atoms with Crippen LogP contribution < -0.4 is 0 Å². The zero-order valence-corrected chi connectivity index (χ0v) is 12.3. The lowest BCUT2D eigenvalue weighted by molar-refractivity contribution is -0.488. The van der Waals surface area contributed by atoms with Gasteiger partial charge in [-0.05, 0) is 18.9 Å². The zero-order chi connectivity index (χ0) is 15.1. The van der Waals surface area contributed by atoms with Gasteiger partial charge in [-0.15, -0.1) is 0 Å². The number of hydrogen-bond acceptors (Lipinski definition) is 4. The van der Waals surface area contributed by atoms with Crippen molar-refractivity contribution in [1.29, 1.82) is 0 Å². The Morgan fingerprint density at radius 1 is 1.11 bits per heavy atom. The topological polar surface area (TPSA) is 86.3 Å². The molecule has 0 aliphatic carbocycles. The van der Waals surface area contributed by atoms with Crippen LogP contribution in [0.4, 0.5) is 0 Å².